The van der Waals surface area contributed by atoms with Gasteiger partial charge in [-0.15, -0.1) is 0 Å². The van der Waals surface area contributed by atoms with Gasteiger partial charge in [-0.1, -0.05) is 6.07 Å². The summed E-state index contributed by atoms with van der Waals surface area (Å²) in [5.74, 6) is -0.244. The Morgan fingerprint density at radius 2 is 2.24 bits per heavy atom. The van der Waals surface area contributed by atoms with Gasteiger partial charge in [0.1, 0.15) is 11.6 Å². The predicted octanol–water partition coefficient (Wildman–Crippen LogP) is 1.14. The van der Waals surface area contributed by atoms with Crippen LogP contribution in [0.4, 0.5) is 4.39 Å². The van der Waals surface area contributed by atoms with Crippen molar-refractivity contribution >= 4 is 5.91 Å². The largest absolute Gasteiger partial charge is 0.483 e. The molecule has 1 aromatic rings. The van der Waals surface area contributed by atoms with E-state index in [1.807, 2.05) is 6.92 Å². The molecule has 0 aromatic heterocycles. The van der Waals surface area contributed by atoms with Crippen LogP contribution in [-0.2, 0) is 11.3 Å². The van der Waals surface area contributed by atoms with Crippen molar-refractivity contribution in [1.82, 2.24) is 4.90 Å². The molecule has 0 aliphatic rings. The van der Waals surface area contributed by atoms with Crippen LogP contribution in [0.5, 0.6) is 5.75 Å². The molecule has 0 spiro atoms. The normalized spacial score (nSPS) is 10.1. The Hall–Kier alpha value is -1.62. The van der Waals surface area contributed by atoms with Crippen molar-refractivity contribution in [1.29, 1.82) is 0 Å². The van der Waals surface area contributed by atoms with E-state index in [0.717, 1.165) is 0 Å². The molecule has 5 heteroatoms. The summed E-state index contributed by atoms with van der Waals surface area (Å²) in [7, 11) is 1.68. The number of ether oxygens (including phenoxy) is 1. The Bertz CT molecular complexity index is 396. The molecule has 1 amide bonds. The molecule has 0 aliphatic carbocycles. The van der Waals surface area contributed by atoms with Crippen molar-refractivity contribution < 1.29 is 13.9 Å². The Morgan fingerprint density at radius 1 is 1.53 bits per heavy atom. The summed E-state index contributed by atoms with van der Waals surface area (Å²) >= 11 is 0. The minimum absolute atomic E-state index is 0.0415. The highest BCUT2D eigenvalue weighted by molar-refractivity contribution is 5.77. The molecule has 4 nitrogen and oxygen atoms in total. The first-order chi connectivity index (χ1) is 8.10. The number of amides is 1. The Kier molecular flexibility index (Phi) is 4.90. The predicted molar refractivity (Wildman–Crippen MR) is 63.1 cm³/mol. The van der Waals surface area contributed by atoms with Gasteiger partial charge in [0.25, 0.3) is 5.91 Å². The highest BCUT2D eigenvalue weighted by Crippen LogP contribution is 2.20. The number of nitrogens with two attached hydrogens (primary N) is 1. The van der Waals surface area contributed by atoms with Gasteiger partial charge in [0.2, 0.25) is 0 Å². The summed E-state index contributed by atoms with van der Waals surface area (Å²) in [5.41, 5.74) is 5.72. The van der Waals surface area contributed by atoms with E-state index in [0.29, 0.717) is 17.9 Å². The van der Waals surface area contributed by atoms with E-state index in [-0.39, 0.29) is 19.1 Å². The fourth-order valence-corrected chi connectivity index (χ4v) is 1.30. The van der Waals surface area contributed by atoms with E-state index >= 15 is 0 Å². The van der Waals surface area contributed by atoms with E-state index in [2.05, 4.69) is 0 Å². The molecule has 94 valence electrons. The summed E-state index contributed by atoms with van der Waals surface area (Å²) < 4.78 is 18.6. The van der Waals surface area contributed by atoms with Gasteiger partial charge < -0.3 is 15.4 Å². The van der Waals surface area contributed by atoms with Crippen LogP contribution in [0.15, 0.2) is 18.2 Å². The lowest BCUT2D eigenvalue weighted by Crippen LogP contribution is -2.31. The van der Waals surface area contributed by atoms with Crippen molar-refractivity contribution in [2.45, 2.75) is 13.5 Å². The number of rotatable bonds is 5. The lowest BCUT2D eigenvalue weighted by molar-refractivity contribution is -0.131. The molecule has 0 fully saturated rings. The molecule has 17 heavy (non-hydrogen) atoms. The van der Waals surface area contributed by atoms with Crippen LogP contribution >= 0.6 is 0 Å². The first-order valence-electron chi connectivity index (χ1n) is 5.44. The third-order valence-corrected chi connectivity index (χ3v) is 2.53. The Morgan fingerprint density at radius 3 is 2.82 bits per heavy atom. The van der Waals surface area contributed by atoms with Gasteiger partial charge in [-0.3, -0.25) is 4.79 Å². The van der Waals surface area contributed by atoms with E-state index in [1.165, 1.54) is 17.0 Å². The smallest absolute Gasteiger partial charge is 0.260 e. The molecule has 0 saturated carbocycles. The van der Waals surface area contributed by atoms with Crippen molar-refractivity contribution in [2.75, 3.05) is 20.2 Å². The molecular formula is C12H17FN2O2. The van der Waals surface area contributed by atoms with Crippen LogP contribution in [0.25, 0.3) is 0 Å². The van der Waals surface area contributed by atoms with Gasteiger partial charge in [0.05, 0.1) is 0 Å². The number of carbonyl (C=O) groups excluding carboxylic acids is 1. The lowest BCUT2D eigenvalue weighted by Gasteiger charge is -2.16. The summed E-state index contributed by atoms with van der Waals surface area (Å²) in [6.07, 6.45) is 0. The second kappa shape index (κ2) is 6.20. The number of likely N-dealkylation sites (N-methyl/N-ethyl adjacent to an activating group) is 1. The molecule has 0 heterocycles. The fraction of sp³-hybridized carbons (Fsp3) is 0.417. The van der Waals surface area contributed by atoms with Gasteiger partial charge in [-0.05, 0) is 19.1 Å². The van der Waals surface area contributed by atoms with E-state index < -0.39 is 5.82 Å². The molecule has 0 unspecified atom stereocenters. The quantitative estimate of drug-likeness (QED) is 0.839. The Labute approximate surface area is 100 Å². The molecule has 0 radical (unpaired) electrons. The van der Waals surface area contributed by atoms with Gasteiger partial charge in [-0.25, -0.2) is 4.39 Å². The maximum Gasteiger partial charge on any atom is 0.260 e. The summed E-state index contributed by atoms with van der Waals surface area (Å²) in [4.78, 5) is 13.0. The zero-order valence-electron chi connectivity index (χ0n) is 10.1. The Balaban J connectivity index is 2.69. The third kappa shape index (κ3) is 3.42. The van der Waals surface area contributed by atoms with Crippen LogP contribution in [-0.4, -0.2) is 31.0 Å². The second-order valence-corrected chi connectivity index (χ2v) is 3.62. The van der Waals surface area contributed by atoms with Gasteiger partial charge in [0.15, 0.2) is 6.61 Å². The van der Waals surface area contributed by atoms with Gasteiger partial charge in [0, 0.05) is 25.7 Å². The summed E-state index contributed by atoms with van der Waals surface area (Å²) in [6, 6.07) is 4.44. The average Bonchev–Trinajstić information content (AvgIpc) is 2.34. The SMILES string of the molecule is CCN(C)C(=O)COc1cccc(F)c1CN. The zero-order valence-corrected chi connectivity index (χ0v) is 10.1. The molecule has 1 rings (SSSR count). The van der Waals surface area contributed by atoms with Gasteiger partial charge in [-0.2, -0.15) is 0 Å². The number of halogens is 1. The fourth-order valence-electron chi connectivity index (χ4n) is 1.30. The van der Waals surface area contributed by atoms with Crippen LogP contribution in [0.1, 0.15) is 12.5 Å². The van der Waals surface area contributed by atoms with Crippen LogP contribution in [0.2, 0.25) is 0 Å². The monoisotopic (exact) mass is 240 g/mol. The van der Waals surface area contributed by atoms with Crippen molar-refractivity contribution in [3.8, 4) is 5.75 Å². The highest BCUT2D eigenvalue weighted by Gasteiger charge is 2.11. The molecule has 0 atom stereocenters. The lowest BCUT2D eigenvalue weighted by atomic mass is 10.2. The van der Waals surface area contributed by atoms with Crippen LogP contribution in [0.3, 0.4) is 0 Å². The third-order valence-electron chi connectivity index (χ3n) is 2.53. The van der Waals surface area contributed by atoms with Crippen LogP contribution < -0.4 is 10.5 Å². The van der Waals surface area contributed by atoms with Crippen molar-refractivity contribution in [3.63, 3.8) is 0 Å². The van der Waals surface area contributed by atoms with Gasteiger partial charge >= 0.3 is 0 Å². The second-order valence-electron chi connectivity index (χ2n) is 3.62. The maximum atomic E-state index is 13.3. The molecule has 2 N–H and O–H groups in total. The standard InChI is InChI=1S/C12H17FN2O2/c1-3-15(2)12(16)8-17-11-6-4-5-10(13)9(11)7-14/h4-6H,3,7-8,14H2,1-2H3. The minimum atomic E-state index is -0.415. The van der Waals surface area contributed by atoms with Crippen molar-refractivity contribution in [3.05, 3.63) is 29.6 Å². The maximum absolute atomic E-state index is 13.3. The van der Waals surface area contributed by atoms with Crippen molar-refractivity contribution in [2.24, 2.45) is 5.73 Å². The van der Waals surface area contributed by atoms with Crippen LogP contribution in [0, 0.1) is 5.82 Å². The molecule has 0 saturated heterocycles. The summed E-state index contributed by atoms with van der Waals surface area (Å²) in [6.45, 7) is 2.40. The topological polar surface area (TPSA) is 55.6 Å². The first kappa shape index (κ1) is 13.4. The molecular weight excluding hydrogens is 223 g/mol. The highest BCUT2D eigenvalue weighted by atomic mass is 19.1. The van der Waals surface area contributed by atoms with E-state index in [1.54, 1.807) is 13.1 Å². The van der Waals surface area contributed by atoms with E-state index in [9.17, 15) is 9.18 Å². The zero-order chi connectivity index (χ0) is 12.8. The number of hydrogen-bond donors (Lipinski definition) is 1. The number of hydrogen-bond acceptors (Lipinski definition) is 3. The number of carbonyl (C=O) groups is 1. The average molecular weight is 240 g/mol. The number of benzene rings is 1. The summed E-state index contributed by atoms with van der Waals surface area (Å²) in [5, 5.41) is 0. The van der Waals surface area contributed by atoms with E-state index in [4.69, 9.17) is 10.5 Å². The number of nitrogens with zero attached hydrogens (tertiary/aromatic N) is 1. The first-order valence-corrected chi connectivity index (χ1v) is 5.44. The molecule has 0 bridgehead atoms. The molecule has 0 aliphatic heterocycles. The molecule has 1 aromatic carbocycles. The minimum Gasteiger partial charge on any atom is -0.483 e.